The zero-order chi connectivity index (χ0) is 12.4. The number of fused-ring (bicyclic) bond motifs is 1. The molecular formula is C14H20N4. The van der Waals surface area contributed by atoms with E-state index in [-0.39, 0.29) is 0 Å². The van der Waals surface area contributed by atoms with E-state index < -0.39 is 0 Å². The number of hydrogen-bond donors (Lipinski definition) is 2. The van der Waals surface area contributed by atoms with Gasteiger partial charge in [0.1, 0.15) is 0 Å². The van der Waals surface area contributed by atoms with Gasteiger partial charge in [0.2, 0.25) is 5.95 Å². The summed E-state index contributed by atoms with van der Waals surface area (Å²) in [5.41, 5.74) is 2.11. The van der Waals surface area contributed by atoms with Gasteiger partial charge in [0.15, 0.2) is 0 Å². The van der Waals surface area contributed by atoms with Crippen LogP contribution in [0.5, 0.6) is 0 Å². The average molecular weight is 244 g/mol. The van der Waals surface area contributed by atoms with Crippen molar-refractivity contribution in [3.63, 3.8) is 0 Å². The van der Waals surface area contributed by atoms with Gasteiger partial charge in [-0.3, -0.25) is 4.90 Å². The van der Waals surface area contributed by atoms with E-state index in [2.05, 4.69) is 33.2 Å². The number of nitrogens with one attached hydrogen (secondary N) is 2. The highest BCUT2D eigenvalue weighted by molar-refractivity contribution is 5.77. The largest absolute Gasteiger partial charge is 0.355 e. The molecule has 1 saturated carbocycles. The lowest BCUT2D eigenvalue weighted by molar-refractivity contribution is 0.289. The van der Waals surface area contributed by atoms with Crippen molar-refractivity contribution in [3.8, 4) is 0 Å². The Balaban J connectivity index is 1.55. The number of benzene rings is 1. The van der Waals surface area contributed by atoms with E-state index in [9.17, 15) is 0 Å². The van der Waals surface area contributed by atoms with Gasteiger partial charge in [0, 0.05) is 19.1 Å². The van der Waals surface area contributed by atoms with E-state index in [0.717, 1.165) is 42.7 Å². The van der Waals surface area contributed by atoms with Crippen molar-refractivity contribution in [3.05, 3.63) is 24.3 Å². The second kappa shape index (κ2) is 4.98. The Labute approximate surface area is 107 Å². The lowest BCUT2D eigenvalue weighted by Gasteiger charge is -2.19. The molecule has 0 unspecified atom stereocenters. The Morgan fingerprint density at radius 3 is 2.94 bits per heavy atom. The molecule has 0 radical (unpaired) electrons. The summed E-state index contributed by atoms with van der Waals surface area (Å²) in [6.07, 6.45) is 2.75. The minimum atomic E-state index is 0.840. The first-order valence-electron chi connectivity index (χ1n) is 6.79. The fourth-order valence-corrected chi connectivity index (χ4v) is 2.39. The van der Waals surface area contributed by atoms with Crippen molar-refractivity contribution in [2.24, 2.45) is 0 Å². The van der Waals surface area contributed by atoms with Crippen molar-refractivity contribution in [1.29, 1.82) is 0 Å². The predicted molar refractivity (Wildman–Crippen MR) is 74.9 cm³/mol. The van der Waals surface area contributed by atoms with Crippen LogP contribution in [-0.2, 0) is 0 Å². The Hall–Kier alpha value is -1.55. The molecule has 1 aromatic heterocycles. The topological polar surface area (TPSA) is 44.0 Å². The third-order valence-electron chi connectivity index (χ3n) is 3.55. The van der Waals surface area contributed by atoms with Crippen LogP contribution in [0.1, 0.15) is 19.8 Å². The van der Waals surface area contributed by atoms with Crippen molar-refractivity contribution in [1.82, 2.24) is 14.9 Å². The van der Waals surface area contributed by atoms with Crippen molar-refractivity contribution < 1.29 is 0 Å². The summed E-state index contributed by atoms with van der Waals surface area (Å²) in [7, 11) is 0. The molecule has 18 heavy (non-hydrogen) atoms. The summed E-state index contributed by atoms with van der Waals surface area (Å²) >= 11 is 0. The van der Waals surface area contributed by atoms with Gasteiger partial charge in [-0.25, -0.2) is 4.98 Å². The maximum Gasteiger partial charge on any atom is 0.201 e. The highest BCUT2D eigenvalue weighted by Crippen LogP contribution is 2.26. The predicted octanol–water partition coefficient (Wildman–Crippen LogP) is 2.46. The molecule has 1 fully saturated rings. The highest BCUT2D eigenvalue weighted by Gasteiger charge is 2.27. The molecule has 1 aliphatic carbocycles. The number of imidazole rings is 1. The smallest absolute Gasteiger partial charge is 0.201 e. The Bertz CT molecular complexity index is 482. The zero-order valence-electron chi connectivity index (χ0n) is 10.8. The van der Waals surface area contributed by atoms with Gasteiger partial charge in [-0.15, -0.1) is 0 Å². The second-order valence-electron chi connectivity index (χ2n) is 4.89. The molecule has 0 saturated heterocycles. The first-order chi connectivity index (χ1) is 8.86. The molecular weight excluding hydrogens is 224 g/mol. The van der Waals surface area contributed by atoms with Gasteiger partial charge in [0.25, 0.3) is 0 Å². The number of likely N-dealkylation sites (N-methyl/N-ethyl adjacent to an activating group) is 1. The second-order valence-corrected chi connectivity index (χ2v) is 4.89. The third kappa shape index (κ3) is 2.48. The maximum absolute atomic E-state index is 4.51. The van der Waals surface area contributed by atoms with Crippen LogP contribution in [0.3, 0.4) is 0 Å². The van der Waals surface area contributed by atoms with Gasteiger partial charge in [-0.2, -0.15) is 0 Å². The molecule has 0 amide bonds. The fraction of sp³-hybridized carbons (Fsp3) is 0.500. The maximum atomic E-state index is 4.51. The number of nitrogens with zero attached hydrogens (tertiary/aromatic N) is 2. The first kappa shape index (κ1) is 11.5. The van der Waals surface area contributed by atoms with E-state index >= 15 is 0 Å². The summed E-state index contributed by atoms with van der Waals surface area (Å²) < 4.78 is 0. The summed E-state index contributed by atoms with van der Waals surface area (Å²) in [6, 6.07) is 8.96. The van der Waals surface area contributed by atoms with Gasteiger partial charge in [-0.05, 0) is 31.5 Å². The number of para-hydroxylation sites is 2. The minimum Gasteiger partial charge on any atom is -0.355 e. The van der Waals surface area contributed by atoms with Crippen LogP contribution in [0.25, 0.3) is 11.0 Å². The number of aromatic nitrogens is 2. The van der Waals surface area contributed by atoms with Gasteiger partial charge < -0.3 is 10.3 Å². The number of rotatable bonds is 6. The first-order valence-corrected chi connectivity index (χ1v) is 6.79. The number of hydrogen-bond acceptors (Lipinski definition) is 3. The van der Waals surface area contributed by atoms with E-state index in [1.165, 1.54) is 12.8 Å². The lowest BCUT2D eigenvalue weighted by atomic mass is 10.3. The van der Waals surface area contributed by atoms with Crippen LogP contribution >= 0.6 is 0 Å². The molecule has 1 heterocycles. The summed E-state index contributed by atoms with van der Waals surface area (Å²) in [6.45, 7) is 5.42. The number of H-pyrrole nitrogens is 1. The van der Waals surface area contributed by atoms with Crippen LogP contribution in [0, 0.1) is 0 Å². The SMILES string of the molecule is CCN(CCNc1nc2ccccc2[nH]1)C1CC1. The quantitative estimate of drug-likeness (QED) is 0.820. The van der Waals surface area contributed by atoms with E-state index in [1.807, 2.05) is 18.2 Å². The Kier molecular flexibility index (Phi) is 3.19. The molecule has 2 aromatic rings. The molecule has 0 atom stereocenters. The number of anilines is 1. The van der Waals surface area contributed by atoms with E-state index in [1.54, 1.807) is 0 Å². The fourth-order valence-electron chi connectivity index (χ4n) is 2.39. The van der Waals surface area contributed by atoms with Crippen LogP contribution in [0.4, 0.5) is 5.95 Å². The molecule has 4 heteroatoms. The van der Waals surface area contributed by atoms with E-state index in [0.29, 0.717) is 0 Å². The summed E-state index contributed by atoms with van der Waals surface area (Å²) in [4.78, 5) is 10.3. The molecule has 1 aliphatic rings. The number of aromatic amines is 1. The Morgan fingerprint density at radius 2 is 2.22 bits per heavy atom. The van der Waals surface area contributed by atoms with Crippen LogP contribution in [-0.4, -0.2) is 40.5 Å². The standard InChI is InChI=1S/C14H20N4/c1-2-18(11-7-8-11)10-9-15-14-16-12-5-3-4-6-13(12)17-14/h3-6,11H,2,7-10H2,1H3,(H2,15,16,17). The van der Waals surface area contributed by atoms with Crippen molar-refractivity contribution in [2.45, 2.75) is 25.8 Å². The average Bonchev–Trinajstić information content (AvgIpc) is 3.14. The molecule has 0 aliphatic heterocycles. The van der Waals surface area contributed by atoms with Crippen LogP contribution in [0.15, 0.2) is 24.3 Å². The molecule has 0 bridgehead atoms. The van der Waals surface area contributed by atoms with E-state index in [4.69, 9.17) is 0 Å². The molecule has 4 nitrogen and oxygen atoms in total. The third-order valence-corrected chi connectivity index (χ3v) is 3.55. The van der Waals surface area contributed by atoms with Gasteiger partial charge in [-0.1, -0.05) is 19.1 Å². The molecule has 96 valence electrons. The Morgan fingerprint density at radius 1 is 1.39 bits per heavy atom. The molecule has 0 spiro atoms. The highest BCUT2D eigenvalue weighted by atomic mass is 15.2. The van der Waals surface area contributed by atoms with Crippen molar-refractivity contribution >= 4 is 17.0 Å². The molecule has 3 rings (SSSR count). The molecule has 1 aromatic carbocycles. The van der Waals surface area contributed by atoms with Gasteiger partial charge in [0.05, 0.1) is 11.0 Å². The van der Waals surface area contributed by atoms with Crippen LogP contribution < -0.4 is 5.32 Å². The lowest BCUT2D eigenvalue weighted by Crippen LogP contribution is -2.31. The monoisotopic (exact) mass is 244 g/mol. The minimum absolute atomic E-state index is 0.840. The zero-order valence-corrected chi connectivity index (χ0v) is 10.8. The van der Waals surface area contributed by atoms with Crippen LogP contribution in [0.2, 0.25) is 0 Å². The normalized spacial score (nSPS) is 15.4. The molecule has 2 N–H and O–H groups in total. The van der Waals surface area contributed by atoms with Gasteiger partial charge >= 0.3 is 0 Å². The summed E-state index contributed by atoms with van der Waals surface area (Å²) in [5.74, 6) is 0.878. The van der Waals surface area contributed by atoms with Crippen molar-refractivity contribution in [2.75, 3.05) is 25.0 Å². The summed E-state index contributed by atoms with van der Waals surface area (Å²) in [5, 5.41) is 3.37.